The molecule has 0 saturated heterocycles. The molecule has 0 aliphatic rings. The number of carbonyl (C=O) groups excluding carboxylic acids is 1. The highest BCUT2D eigenvalue weighted by atomic mass is 16.4. The Balaban J connectivity index is 3.12. The monoisotopic (exact) mass is 307 g/mol. The van der Waals surface area contributed by atoms with Crippen LogP contribution in [0.1, 0.15) is 96.8 Å². The fourth-order valence-electron chi connectivity index (χ4n) is 2.39. The lowest BCUT2D eigenvalue weighted by Gasteiger charge is -2.00. The molecular formula is C20H35O2-. The van der Waals surface area contributed by atoms with E-state index in [0.29, 0.717) is 6.42 Å². The topological polar surface area (TPSA) is 40.1 Å². The molecule has 0 heterocycles. The average molecular weight is 307 g/mol. The zero-order valence-corrected chi connectivity index (χ0v) is 14.5. The summed E-state index contributed by atoms with van der Waals surface area (Å²) in [5, 5.41) is 10.2. The van der Waals surface area contributed by atoms with Crippen molar-refractivity contribution in [3.05, 3.63) is 24.3 Å². The van der Waals surface area contributed by atoms with Gasteiger partial charge in [0.05, 0.1) is 0 Å². The molecule has 0 unspecified atom stereocenters. The summed E-state index contributed by atoms with van der Waals surface area (Å²) < 4.78 is 0. The van der Waals surface area contributed by atoms with Crippen molar-refractivity contribution in [2.24, 2.45) is 0 Å². The van der Waals surface area contributed by atoms with Crippen LogP contribution >= 0.6 is 0 Å². The fourth-order valence-corrected chi connectivity index (χ4v) is 2.39. The van der Waals surface area contributed by atoms with Gasteiger partial charge in [-0.1, -0.05) is 69.8 Å². The molecular weight excluding hydrogens is 272 g/mol. The molecule has 0 radical (unpaired) electrons. The summed E-state index contributed by atoms with van der Waals surface area (Å²) in [7, 11) is 0. The number of carbonyl (C=O) groups is 1. The van der Waals surface area contributed by atoms with E-state index in [2.05, 4.69) is 31.2 Å². The molecule has 2 heteroatoms. The van der Waals surface area contributed by atoms with E-state index in [0.717, 1.165) is 12.8 Å². The van der Waals surface area contributed by atoms with E-state index in [4.69, 9.17) is 0 Å². The van der Waals surface area contributed by atoms with Gasteiger partial charge in [-0.25, -0.2) is 0 Å². The SMILES string of the molecule is CCCC/C=C\CCCCCCCC/C=C/CCCC(=O)[O-]. The predicted octanol–water partition coefficient (Wildman–Crippen LogP) is 5.33. The molecule has 22 heavy (non-hydrogen) atoms. The van der Waals surface area contributed by atoms with E-state index in [1.54, 1.807) is 0 Å². The summed E-state index contributed by atoms with van der Waals surface area (Å²) in [5.74, 6) is -0.940. The Morgan fingerprint density at radius 3 is 1.55 bits per heavy atom. The normalized spacial score (nSPS) is 11.7. The average Bonchev–Trinajstić information content (AvgIpc) is 2.50. The molecule has 128 valence electrons. The van der Waals surface area contributed by atoms with Gasteiger partial charge in [0, 0.05) is 5.97 Å². The molecule has 0 bridgehead atoms. The van der Waals surface area contributed by atoms with Crippen LogP contribution in [0.5, 0.6) is 0 Å². The molecule has 0 aliphatic heterocycles. The molecule has 0 aromatic carbocycles. The molecule has 0 aromatic heterocycles. The fraction of sp³-hybridized carbons (Fsp3) is 0.750. The summed E-state index contributed by atoms with van der Waals surface area (Å²) in [6.45, 7) is 2.24. The smallest absolute Gasteiger partial charge is 0.0414 e. The minimum Gasteiger partial charge on any atom is -0.550 e. The summed E-state index contributed by atoms with van der Waals surface area (Å²) in [4.78, 5) is 10.2. The first-order valence-corrected chi connectivity index (χ1v) is 9.27. The third-order valence-electron chi connectivity index (χ3n) is 3.80. The van der Waals surface area contributed by atoms with Gasteiger partial charge in [-0.05, 0) is 51.4 Å². The molecule has 0 rings (SSSR count). The Hall–Kier alpha value is -1.05. The molecule has 0 spiro atoms. The van der Waals surface area contributed by atoms with E-state index in [1.165, 1.54) is 64.2 Å². The molecule has 0 aromatic rings. The zero-order valence-electron chi connectivity index (χ0n) is 14.5. The van der Waals surface area contributed by atoms with Crippen LogP contribution in [0.3, 0.4) is 0 Å². The Morgan fingerprint density at radius 2 is 1.09 bits per heavy atom. The Bertz CT molecular complexity index is 292. The number of rotatable bonds is 16. The van der Waals surface area contributed by atoms with Gasteiger partial charge in [-0.3, -0.25) is 0 Å². The second-order valence-corrected chi connectivity index (χ2v) is 6.05. The van der Waals surface area contributed by atoms with Crippen LogP contribution in [0, 0.1) is 0 Å². The van der Waals surface area contributed by atoms with E-state index < -0.39 is 5.97 Å². The largest absolute Gasteiger partial charge is 0.550 e. The molecule has 0 fully saturated rings. The minimum absolute atomic E-state index is 0.179. The lowest BCUT2D eigenvalue weighted by molar-refractivity contribution is -0.305. The number of hydrogen-bond acceptors (Lipinski definition) is 2. The highest BCUT2D eigenvalue weighted by Gasteiger charge is 1.90. The lowest BCUT2D eigenvalue weighted by Crippen LogP contribution is -2.21. The van der Waals surface area contributed by atoms with Crippen LogP contribution in [-0.4, -0.2) is 5.97 Å². The first-order valence-electron chi connectivity index (χ1n) is 9.27. The summed E-state index contributed by atoms with van der Waals surface area (Å²) in [5.41, 5.74) is 0. The van der Waals surface area contributed by atoms with Gasteiger partial charge in [0.2, 0.25) is 0 Å². The van der Waals surface area contributed by atoms with Crippen molar-refractivity contribution in [1.82, 2.24) is 0 Å². The maximum absolute atomic E-state index is 10.2. The third kappa shape index (κ3) is 18.9. The second kappa shape index (κ2) is 18.0. The quantitative estimate of drug-likeness (QED) is 0.285. The van der Waals surface area contributed by atoms with Crippen molar-refractivity contribution >= 4 is 5.97 Å². The van der Waals surface area contributed by atoms with Crippen molar-refractivity contribution in [3.63, 3.8) is 0 Å². The van der Waals surface area contributed by atoms with Crippen molar-refractivity contribution in [2.75, 3.05) is 0 Å². The first-order chi connectivity index (χ1) is 10.8. The molecule has 0 N–H and O–H groups in total. The summed E-state index contributed by atoms with van der Waals surface area (Å²) >= 11 is 0. The lowest BCUT2D eigenvalue weighted by atomic mass is 10.1. The first kappa shape index (κ1) is 20.9. The van der Waals surface area contributed by atoms with Gasteiger partial charge in [-0.15, -0.1) is 0 Å². The van der Waals surface area contributed by atoms with Gasteiger partial charge >= 0.3 is 0 Å². The van der Waals surface area contributed by atoms with E-state index in [9.17, 15) is 9.90 Å². The minimum atomic E-state index is -0.940. The van der Waals surface area contributed by atoms with Crippen LogP contribution < -0.4 is 5.11 Å². The van der Waals surface area contributed by atoms with Crippen LogP contribution in [0.15, 0.2) is 24.3 Å². The molecule has 2 nitrogen and oxygen atoms in total. The maximum Gasteiger partial charge on any atom is 0.0414 e. The van der Waals surface area contributed by atoms with Gasteiger partial charge in [0.1, 0.15) is 0 Å². The number of aliphatic carboxylic acids is 1. The Kier molecular flexibility index (Phi) is 17.1. The van der Waals surface area contributed by atoms with Crippen LogP contribution in [0.25, 0.3) is 0 Å². The van der Waals surface area contributed by atoms with Crippen LogP contribution in [0.4, 0.5) is 0 Å². The van der Waals surface area contributed by atoms with Gasteiger partial charge in [0.15, 0.2) is 0 Å². The van der Waals surface area contributed by atoms with Gasteiger partial charge in [0.25, 0.3) is 0 Å². The Morgan fingerprint density at radius 1 is 0.682 bits per heavy atom. The second-order valence-electron chi connectivity index (χ2n) is 6.05. The molecule has 0 saturated carbocycles. The van der Waals surface area contributed by atoms with E-state index in [1.807, 2.05) is 0 Å². The van der Waals surface area contributed by atoms with E-state index >= 15 is 0 Å². The summed E-state index contributed by atoms with van der Waals surface area (Å²) in [6, 6.07) is 0. The standard InChI is InChI=1S/C20H36O2/c1-2-3-4-5-6-7-8-9-10-11-12-13-14-15-16-17-18-19-20(21)22/h5-6,15-16H,2-4,7-14,17-19H2,1H3,(H,21,22)/p-1/b6-5-,16-15+. The van der Waals surface area contributed by atoms with Gasteiger partial charge in [-0.2, -0.15) is 0 Å². The van der Waals surface area contributed by atoms with Crippen molar-refractivity contribution in [2.45, 2.75) is 96.8 Å². The van der Waals surface area contributed by atoms with E-state index in [-0.39, 0.29) is 6.42 Å². The molecule has 0 aliphatic carbocycles. The number of carboxylic acids is 1. The van der Waals surface area contributed by atoms with Crippen molar-refractivity contribution < 1.29 is 9.90 Å². The predicted molar refractivity (Wildman–Crippen MR) is 93.6 cm³/mol. The maximum atomic E-state index is 10.2. The number of carboxylic acid groups (broad SMARTS) is 1. The van der Waals surface area contributed by atoms with Crippen molar-refractivity contribution in [1.29, 1.82) is 0 Å². The van der Waals surface area contributed by atoms with Crippen LogP contribution in [-0.2, 0) is 4.79 Å². The number of unbranched alkanes of at least 4 members (excludes halogenated alkanes) is 10. The molecule has 0 amide bonds. The van der Waals surface area contributed by atoms with Crippen molar-refractivity contribution in [3.8, 4) is 0 Å². The highest BCUT2D eigenvalue weighted by Crippen LogP contribution is 2.10. The van der Waals surface area contributed by atoms with Gasteiger partial charge < -0.3 is 9.90 Å². The third-order valence-corrected chi connectivity index (χ3v) is 3.80. The summed E-state index contributed by atoms with van der Waals surface area (Å²) in [6.07, 6.45) is 24.9. The Labute approximate surface area is 137 Å². The zero-order chi connectivity index (χ0) is 16.3. The number of hydrogen-bond donors (Lipinski definition) is 0. The highest BCUT2D eigenvalue weighted by molar-refractivity contribution is 5.64. The molecule has 0 atom stereocenters. The number of allylic oxidation sites excluding steroid dienone is 4. The van der Waals surface area contributed by atoms with Crippen LogP contribution in [0.2, 0.25) is 0 Å².